The number of rotatable bonds is 5. The van der Waals surface area contributed by atoms with Crippen LogP contribution in [0.3, 0.4) is 0 Å². The fourth-order valence-corrected chi connectivity index (χ4v) is 4.80. The maximum absolute atomic E-state index is 11.2. The second-order valence-corrected chi connectivity index (χ2v) is 6.61. The van der Waals surface area contributed by atoms with Crippen LogP contribution < -0.4 is 0 Å². The molecule has 4 nitrogen and oxygen atoms in total. The lowest BCUT2D eigenvalue weighted by Crippen LogP contribution is -2.57. The average Bonchev–Trinajstić information content (AvgIpc) is 2.54. The topological polar surface area (TPSA) is 58.9 Å². The molecule has 0 heterocycles. The molecule has 0 aromatic rings. The van der Waals surface area contributed by atoms with E-state index in [1.54, 1.807) is 6.08 Å². The van der Waals surface area contributed by atoms with Crippen molar-refractivity contribution < 1.29 is 9.59 Å². The van der Waals surface area contributed by atoms with Crippen LogP contribution in [0.15, 0.2) is 9.98 Å². The monoisotopic (exact) mass is 290 g/mol. The van der Waals surface area contributed by atoms with Crippen molar-refractivity contribution in [1.82, 2.24) is 0 Å². The molecule has 2 rings (SSSR count). The van der Waals surface area contributed by atoms with E-state index in [0.29, 0.717) is 5.92 Å². The van der Waals surface area contributed by atoms with Gasteiger partial charge in [0, 0.05) is 0 Å². The summed E-state index contributed by atoms with van der Waals surface area (Å²) >= 11 is 0. The molecule has 4 heteroatoms. The Morgan fingerprint density at radius 1 is 1.00 bits per heavy atom. The van der Waals surface area contributed by atoms with Crippen molar-refractivity contribution in [1.29, 1.82) is 0 Å². The van der Waals surface area contributed by atoms with Crippen molar-refractivity contribution in [2.45, 2.75) is 88.6 Å². The second-order valence-electron chi connectivity index (χ2n) is 6.61. The Kier molecular flexibility index (Phi) is 5.50. The summed E-state index contributed by atoms with van der Waals surface area (Å²) in [6, 6.07) is 0. The zero-order chi connectivity index (χ0) is 15.2. The fraction of sp³-hybridized carbons (Fsp3) is 0.882. The van der Waals surface area contributed by atoms with E-state index in [1.165, 1.54) is 25.7 Å². The number of nitrogens with zero attached hydrogens (tertiary/aromatic N) is 2. The van der Waals surface area contributed by atoms with Gasteiger partial charge in [0.2, 0.25) is 12.2 Å². The molecule has 116 valence electrons. The highest BCUT2D eigenvalue weighted by atomic mass is 16.1. The lowest BCUT2D eigenvalue weighted by molar-refractivity contribution is 0.0770. The van der Waals surface area contributed by atoms with Gasteiger partial charge in [-0.2, -0.15) is 9.98 Å². The summed E-state index contributed by atoms with van der Waals surface area (Å²) in [6.45, 7) is 2.08. The Labute approximate surface area is 127 Å². The molecule has 0 aliphatic heterocycles. The Morgan fingerprint density at radius 3 is 2.14 bits per heavy atom. The molecule has 1 atom stereocenters. The van der Waals surface area contributed by atoms with Gasteiger partial charge in [-0.15, -0.1) is 0 Å². The average molecular weight is 290 g/mol. The molecule has 2 fully saturated rings. The van der Waals surface area contributed by atoms with Crippen LogP contribution in [0.1, 0.15) is 77.6 Å². The predicted molar refractivity (Wildman–Crippen MR) is 81.7 cm³/mol. The molecule has 2 saturated carbocycles. The molecule has 0 aromatic carbocycles. The maximum atomic E-state index is 11.2. The van der Waals surface area contributed by atoms with Crippen molar-refractivity contribution in [2.75, 3.05) is 0 Å². The van der Waals surface area contributed by atoms with Gasteiger partial charge in [0.05, 0.1) is 5.54 Å². The minimum atomic E-state index is -0.549. The van der Waals surface area contributed by atoms with Gasteiger partial charge in [-0.1, -0.05) is 45.4 Å². The molecule has 0 aromatic heterocycles. The summed E-state index contributed by atoms with van der Waals surface area (Å²) in [4.78, 5) is 30.9. The van der Waals surface area contributed by atoms with E-state index in [4.69, 9.17) is 0 Å². The first-order valence-corrected chi connectivity index (χ1v) is 8.43. The number of hydrogen-bond donors (Lipinski definition) is 0. The Bertz CT molecular complexity index is 438. The van der Waals surface area contributed by atoms with E-state index >= 15 is 0 Å². The van der Waals surface area contributed by atoms with Crippen LogP contribution in [-0.4, -0.2) is 23.2 Å². The third kappa shape index (κ3) is 2.88. The van der Waals surface area contributed by atoms with Crippen LogP contribution in [0.25, 0.3) is 0 Å². The Morgan fingerprint density at radius 2 is 1.62 bits per heavy atom. The van der Waals surface area contributed by atoms with Gasteiger partial charge in [0.25, 0.3) is 0 Å². The molecule has 2 aliphatic rings. The number of isocyanates is 2. The summed E-state index contributed by atoms with van der Waals surface area (Å²) in [5, 5.41) is 0. The van der Waals surface area contributed by atoms with Crippen molar-refractivity contribution in [3.8, 4) is 0 Å². The van der Waals surface area contributed by atoms with Gasteiger partial charge in [-0.05, 0) is 38.0 Å². The van der Waals surface area contributed by atoms with E-state index in [-0.39, 0.29) is 0 Å². The molecule has 21 heavy (non-hydrogen) atoms. The molecular formula is C17H26N2O2. The highest BCUT2D eigenvalue weighted by Crippen LogP contribution is 2.51. The lowest BCUT2D eigenvalue weighted by Gasteiger charge is -2.50. The zero-order valence-corrected chi connectivity index (χ0v) is 13.1. The van der Waals surface area contributed by atoms with E-state index in [2.05, 4.69) is 16.9 Å². The SMILES string of the molecule is CCC(N=C=O)(C1CCCCC1)C1(N=C=O)CCCCC1. The van der Waals surface area contributed by atoms with Crippen molar-refractivity contribution in [3.63, 3.8) is 0 Å². The largest absolute Gasteiger partial charge is 0.235 e. The molecule has 0 spiro atoms. The van der Waals surface area contributed by atoms with Gasteiger partial charge in [0.1, 0.15) is 5.54 Å². The smallest absolute Gasteiger partial charge is 0.211 e. The third-order valence-corrected chi connectivity index (χ3v) is 5.81. The van der Waals surface area contributed by atoms with Crippen molar-refractivity contribution >= 4 is 12.2 Å². The summed E-state index contributed by atoms with van der Waals surface area (Å²) in [5.74, 6) is 0.341. The maximum Gasteiger partial charge on any atom is 0.235 e. The Hall–Kier alpha value is -1.24. The summed E-state index contributed by atoms with van der Waals surface area (Å²) in [5.41, 5.74) is -1.08. The quantitative estimate of drug-likeness (QED) is 0.565. The van der Waals surface area contributed by atoms with E-state index in [1.807, 2.05) is 6.08 Å². The first kappa shape index (κ1) is 16.1. The van der Waals surface area contributed by atoms with E-state index in [9.17, 15) is 9.59 Å². The number of hydrogen-bond acceptors (Lipinski definition) is 4. The van der Waals surface area contributed by atoms with E-state index < -0.39 is 11.1 Å². The highest BCUT2D eigenvalue weighted by molar-refractivity contribution is 5.40. The molecule has 0 amide bonds. The summed E-state index contributed by atoms with van der Waals surface area (Å²) in [6.07, 6.45) is 15.1. The molecule has 1 unspecified atom stereocenters. The summed E-state index contributed by atoms with van der Waals surface area (Å²) in [7, 11) is 0. The molecule has 0 radical (unpaired) electrons. The molecule has 0 saturated heterocycles. The number of carbonyl (C=O) groups excluding carboxylic acids is 2. The van der Waals surface area contributed by atoms with Gasteiger partial charge < -0.3 is 0 Å². The fourth-order valence-electron chi connectivity index (χ4n) is 4.80. The summed E-state index contributed by atoms with van der Waals surface area (Å²) < 4.78 is 0. The number of aliphatic imine (C=N–C) groups is 2. The minimum absolute atomic E-state index is 0.341. The van der Waals surface area contributed by atoms with Crippen LogP contribution >= 0.6 is 0 Å². The highest BCUT2D eigenvalue weighted by Gasteiger charge is 2.55. The van der Waals surface area contributed by atoms with Crippen LogP contribution in [0.5, 0.6) is 0 Å². The van der Waals surface area contributed by atoms with Gasteiger partial charge in [-0.25, -0.2) is 9.59 Å². The first-order chi connectivity index (χ1) is 10.2. The van der Waals surface area contributed by atoms with Crippen molar-refractivity contribution in [2.24, 2.45) is 15.9 Å². The predicted octanol–water partition coefficient (Wildman–Crippen LogP) is 4.09. The second kappa shape index (κ2) is 7.15. The Balaban J connectivity index is 2.49. The zero-order valence-electron chi connectivity index (χ0n) is 13.1. The van der Waals surface area contributed by atoms with Crippen LogP contribution in [0.4, 0.5) is 0 Å². The first-order valence-electron chi connectivity index (χ1n) is 8.43. The van der Waals surface area contributed by atoms with Crippen LogP contribution in [-0.2, 0) is 9.59 Å². The van der Waals surface area contributed by atoms with Gasteiger partial charge in [-0.3, -0.25) is 0 Å². The van der Waals surface area contributed by atoms with E-state index in [0.717, 1.165) is 44.9 Å². The van der Waals surface area contributed by atoms with Gasteiger partial charge in [0.15, 0.2) is 0 Å². The normalized spacial score (nSPS) is 25.2. The third-order valence-electron chi connectivity index (χ3n) is 5.81. The van der Waals surface area contributed by atoms with Crippen LogP contribution in [0, 0.1) is 5.92 Å². The lowest BCUT2D eigenvalue weighted by atomic mass is 9.59. The van der Waals surface area contributed by atoms with Crippen LogP contribution in [0.2, 0.25) is 0 Å². The molecule has 0 N–H and O–H groups in total. The molecule has 2 aliphatic carbocycles. The molecule has 0 bridgehead atoms. The van der Waals surface area contributed by atoms with Gasteiger partial charge >= 0.3 is 0 Å². The van der Waals surface area contributed by atoms with Crippen molar-refractivity contribution in [3.05, 3.63) is 0 Å². The molecular weight excluding hydrogens is 264 g/mol. The minimum Gasteiger partial charge on any atom is -0.211 e. The standard InChI is InChI=1S/C17H26N2O2/c1-2-17(19-14-21,15-9-5-3-6-10-15)16(18-13-20)11-7-4-8-12-16/h15H,2-12H2,1H3.